The molecular formula is C45H29N3OS. The Morgan fingerprint density at radius 1 is 0.540 bits per heavy atom. The van der Waals surface area contributed by atoms with Crippen LogP contribution in [0.25, 0.3) is 64.4 Å². The van der Waals surface area contributed by atoms with Crippen molar-refractivity contribution < 1.29 is 4.42 Å². The van der Waals surface area contributed by atoms with E-state index in [4.69, 9.17) is 14.4 Å². The highest BCUT2D eigenvalue weighted by atomic mass is 32.1. The van der Waals surface area contributed by atoms with Crippen molar-refractivity contribution in [3.63, 3.8) is 0 Å². The molecule has 5 heteroatoms. The Hall–Kier alpha value is -6.43. The van der Waals surface area contributed by atoms with E-state index in [0.29, 0.717) is 11.4 Å². The van der Waals surface area contributed by atoms with Crippen molar-refractivity contribution in [3.05, 3.63) is 180 Å². The monoisotopic (exact) mass is 659 g/mol. The van der Waals surface area contributed by atoms with Crippen molar-refractivity contribution in [2.24, 2.45) is 9.98 Å². The topological polar surface area (TPSA) is 61.7 Å². The minimum atomic E-state index is 0.130. The minimum absolute atomic E-state index is 0.130. The molecule has 0 unspecified atom stereocenters. The number of thiophene rings is 1. The summed E-state index contributed by atoms with van der Waals surface area (Å²) in [5, 5.41) is 13.6. The average molecular weight is 660 g/mol. The Kier molecular flexibility index (Phi) is 7.45. The normalized spacial score (nSPS) is 12.1. The van der Waals surface area contributed by atoms with E-state index < -0.39 is 0 Å². The average Bonchev–Trinajstić information content (AvgIpc) is 3.75. The second kappa shape index (κ2) is 12.5. The van der Waals surface area contributed by atoms with Gasteiger partial charge in [-0.1, -0.05) is 121 Å². The fraction of sp³-hybridized carbons (Fsp3) is 0. The number of amidine groups is 2. The van der Waals surface area contributed by atoms with Crippen LogP contribution in [0.3, 0.4) is 0 Å². The van der Waals surface area contributed by atoms with Gasteiger partial charge in [-0.05, 0) is 70.3 Å². The van der Waals surface area contributed by atoms with E-state index in [-0.39, 0.29) is 5.84 Å². The van der Waals surface area contributed by atoms with Gasteiger partial charge in [0.1, 0.15) is 11.2 Å². The molecule has 4 nitrogen and oxygen atoms in total. The third-order valence-corrected chi connectivity index (χ3v) is 10.3. The van der Waals surface area contributed by atoms with Gasteiger partial charge in [0.25, 0.3) is 0 Å². The number of fused-ring (bicyclic) bond motifs is 6. The number of nitrogens with zero attached hydrogens (tertiary/aromatic N) is 2. The Labute approximate surface area is 292 Å². The molecule has 2 aromatic heterocycles. The van der Waals surface area contributed by atoms with Crippen LogP contribution in [0.2, 0.25) is 0 Å². The highest BCUT2D eigenvalue weighted by molar-refractivity contribution is 7.26. The first kappa shape index (κ1) is 29.7. The minimum Gasteiger partial charge on any atom is -0.456 e. The van der Waals surface area contributed by atoms with Gasteiger partial charge in [0.15, 0.2) is 11.7 Å². The van der Waals surface area contributed by atoms with E-state index in [0.717, 1.165) is 59.8 Å². The predicted octanol–water partition coefficient (Wildman–Crippen LogP) is 12.2. The Morgan fingerprint density at radius 2 is 1.16 bits per heavy atom. The molecule has 0 amide bonds. The summed E-state index contributed by atoms with van der Waals surface area (Å²) in [5.41, 5.74) is 8.70. The van der Waals surface area contributed by atoms with Gasteiger partial charge in [-0.25, -0.2) is 9.98 Å². The molecule has 0 saturated carbocycles. The molecule has 2 heterocycles. The molecule has 7 aromatic carbocycles. The molecule has 0 radical (unpaired) electrons. The maximum absolute atomic E-state index is 9.26. The van der Waals surface area contributed by atoms with Crippen LogP contribution in [0.5, 0.6) is 0 Å². The SMILES string of the molecule is N=C(N=C(N=Cc1ccc(-c2ccccc2)cc1)c1cccc2c1sc1ccccc12)c1ccc2oc3ccc(-c4ccccc4)cc3c2c1. The van der Waals surface area contributed by atoms with E-state index >= 15 is 0 Å². The van der Waals surface area contributed by atoms with Gasteiger partial charge in [-0.15, -0.1) is 11.3 Å². The molecule has 9 aromatic rings. The van der Waals surface area contributed by atoms with Gasteiger partial charge in [0.2, 0.25) is 0 Å². The standard InChI is InChI=1S/C45H29N3OS/c46-44(34-23-25-41-39(27-34)38-26-33(22-24-40(38)49-41)31-12-5-2-6-13-31)48-45(37-16-9-15-36-35-14-7-8-17-42(35)50-43(36)37)47-28-29-18-20-32(21-19-29)30-10-3-1-4-11-30/h1-28,46H. The lowest BCUT2D eigenvalue weighted by atomic mass is 10.0. The van der Waals surface area contributed by atoms with Crippen LogP contribution in [0.15, 0.2) is 178 Å². The molecule has 0 spiro atoms. The second-order valence-electron chi connectivity index (χ2n) is 12.2. The number of hydrogen-bond donors (Lipinski definition) is 1. The molecule has 0 aliphatic heterocycles. The summed E-state index contributed by atoms with van der Waals surface area (Å²) < 4.78 is 8.51. The van der Waals surface area contributed by atoms with Crippen molar-refractivity contribution in [2.75, 3.05) is 0 Å². The van der Waals surface area contributed by atoms with E-state index in [1.807, 2.05) is 72.9 Å². The van der Waals surface area contributed by atoms with E-state index in [2.05, 4.69) is 97.1 Å². The van der Waals surface area contributed by atoms with Crippen LogP contribution in [0.4, 0.5) is 0 Å². The first-order chi connectivity index (χ1) is 24.7. The van der Waals surface area contributed by atoms with Crippen LogP contribution in [0.1, 0.15) is 16.7 Å². The quantitative estimate of drug-likeness (QED) is 0.145. The van der Waals surface area contributed by atoms with Gasteiger partial charge in [-0.3, -0.25) is 5.41 Å². The van der Waals surface area contributed by atoms with Crippen molar-refractivity contribution in [1.82, 2.24) is 0 Å². The number of rotatable bonds is 5. The zero-order valence-electron chi connectivity index (χ0n) is 26.9. The summed E-state index contributed by atoms with van der Waals surface area (Å²) in [5.74, 6) is 0.618. The lowest BCUT2D eigenvalue weighted by Gasteiger charge is -2.06. The summed E-state index contributed by atoms with van der Waals surface area (Å²) >= 11 is 1.73. The number of aliphatic imine (C=N–C) groups is 2. The number of benzene rings is 7. The molecular weight excluding hydrogens is 631 g/mol. The van der Waals surface area contributed by atoms with E-state index in [9.17, 15) is 5.41 Å². The first-order valence-corrected chi connectivity index (χ1v) is 17.3. The van der Waals surface area contributed by atoms with Crippen molar-refractivity contribution in [1.29, 1.82) is 5.41 Å². The molecule has 1 N–H and O–H groups in total. The van der Waals surface area contributed by atoms with Crippen molar-refractivity contribution in [3.8, 4) is 22.3 Å². The summed E-state index contributed by atoms with van der Waals surface area (Å²) in [7, 11) is 0. The summed E-state index contributed by atoms with van der Waals surface area (Å²) in [4.78, 5) is 9.90. The molecule has 0 saturated heterocycles. The zero-order valence-corrected chi connectivity index (χ0v) is 27.7. The third kappa shape index (κ3) is 5.50. The summed E-state index contributed by atoms with van der Waals surface area (Å²) in [6, 6.07) is 55.8. The Bertz CT molecular complexity index is 2760. The molecule has 9 rings (SSSR count). The first-order valence-electron chi connectivity index (χ1n) is 16.5. The smallest absolute Gasteiger partial charge is 0.163 e. The predicted molar refractivity (Wildman–Crippen MR) is 211 cm³/mol. The molecule has 0 aliphatic carbocycles. The molecule has 236 valence electrons. The van der Waals surface area contributed by atoms with Gasteiger partial charge in [-0.2, -0.15) is 0 Å². The van der Waals surface area contributed by atoms with Crippen LogP contribution < -0.4 is 0 Å². The highest BCUT2D eigenvalue weighted by Crippen LogP contribution is 2.37. The third-order valence-electron chi connectivity index (χ3n) is 9.07. The molecule has 0 bridgehead atoms. The van der Waals surface area contributed by atoms with Crippen LogP contribution >= 0.6 is 11.3 Å². The van der Waals surface area contributed by atoms with Gasteiger partial charge in [0.05, 0.1) is 0 Å². The molecule has 0 aliphatic rings. The van der Waals surface area contributed by atoms with Crippen LogP contribution in [0, 0.1) is 5.41 Å². The Balaban J connectivity index is 1.14. The second-order valence-corrected chi connectivity index (χ2v) is 13.3. The van der Waals surface area contributed by atoms with E-state index in [1.165, 1.54) is 15.6 Å². The lowest BCUT2D eigenvalue weighted by Crippen LogP contribution is -2.05. The van der Waals surface area contributed by atoms with Gasteiger partial charge in [0, 0.05) is 48.3 Å². The number of hydrogen-bond acceptors (Lipinski definition) is 3. The van der Waals surface area contributed by atoms with Gasteiger partial charge >= 0.3 is 0 Å². The van der Waals surface area contributed by atoms with Crippen LogP contribution in [-0.2, 0) is 0 Å². The highest BCUT2D eigenvalue weighted by Gasteiger charge is 2.15. The fourth-order valence-corrected chi connectivity index (χ4v) is 7.73. The zero-order chi connectivity index (χ0) is 33.4. The lowest BCUT2D eigenvalue weighted by molar-refractivity contribution is 0.669. The summed E-state index contributed by atoms with van der Waals surface area (Å²) in [6.07, 6.45) is 1.84. The van der Waals surface area contributed by atoms with Crippen molar-refractivity contribution in [2.45, 2.75) is 0 Å². The largest absolute Gasteiger partial charge is 0.456 e. The fourth-order valence-electron chi connectivity index (χ4n) is 6.52. The maximum Gasteiger partial charge on any atom is 0.163 e. The van der Waals surface area contributed by atoms with Gasteiger partial charge < -0.3 is 4.42 Å². The number of furan rings is 1. The summed E-state index contributed by atoms with van der Waals surface area (Å²) in [6.45, 7) is 0. The molecule has 0 fully saturated rings. The maximum atomic E-state index is 9.26. The van der Waals surface area contributed by atoms with Crippen LogP contribution in [-0.4, -0.2) is 17.9 Å². The Morgan fingerprint density at radius 3 is 1.94 bits per heavy atom. The molecule has 50 heavy (non-hydrogen) atoms. The van der Waals surface area contributed by atoms with E-state index in [1.54, 1.807) is 11.3 Å². The van der Waals surface area contributed by atoms with Crippen molar-refractivity contribution >= 4 is 71.3 Å². The molecule has 0 atom stereocenters. The number of nitrogens with one attached hydrogen (secondary N) is 1.